The molecule has 0 radical (unpaired) electrons. The number of benzene rings is 4. The normalized spacial score (nSPS) is 11.4. The van der Waals surface area contributed by atoms with E-state index >= 15 is 0 Å². The van der Waals surface area contributed by atoms with Crippen LogP contribution in [0.5, 0.6) is 0 Å². The first-order valence-electron chi connectivity index (χ1n) is 11.5. The van der Waals surface area contributed by atoms with E-state index in [9.17, 15) is 4.79 Å². The molecular formula is C29H17N5OS. The van der Waals surface area contributed by atoms with Crippen molar-refractivity contribution in [2.75, 3.05) is 0 Å². The molecule has 0 atom stereocenters. The summed E-state index contributed by atoms with van der Waals surface area (Å²) in [5, 5.41) is 0.608. The summed E-state index contributed by atoms with van der Waals surface area (Å²) in [4.78, 5) is 32.0. The monoisotopic (exact) mass is 483 g/mol. The number of para-hydroxylation sites is 1. The Kier molecular flexibility index (Phi) is 4.68. The van der Waals surface area contributed by atoms with Gasteiger partial charge in [0.05, 0.1) is 21.1 Å². The van der Waals surface area contributed by atoms with E-state index in [2.05, 4.69) is 11.1 Å². The summed E-state index contributed by atoms with van der Waals surface area (Å²) in [7, 11) is 0. The topological polar surface area (TPSA) is 73.0 Å². The molecule has 170 valence electrons. The first kappa shape index (κ1) is 20.6. The molecule has 6 nitrogen and oxygen atoms in total. The van der Waals surface area contributed by atoms with Gasteiger partial charge >= 0.3 is 0 Å². The van der Waals surface area contributed by atoms with E-state index in [4.69, 9.17) is 15.0 Å². The molecule has 4 aromatic carbocycles. The van der Waals surface area contributed by atoms with Gasteiger partial charge in [-0.3, -0.25) is 9.20 Å². The zero-order chi connectivity index (χ0) is 24.1. The van der Waals surface area contributed by atoms with Gasteiger partial charge in [-0.1, -0.05) is 84.1 Å². The van der Waals surface area contributed by atoms with Crippen LogP contribution in [-0.2, 0) is 0 Å². The molecular weight excluding hydrogens is 466 g/mol. The largest absolute Gasteiger partial charge is 0.284 e. The summed E-state index contributed by atoms with van der Waals surface area (Å²) in [5.74, 6) is 1.83. The molecule has 0 aliphatic rings. The predicted octanol–water partition coefficient (Wildman–Crippen LogP) is 6.25. The highest BCUT2D eigenvalue weighted by molar-refractivity contribution is 7.23. The fraction of sp³-hybridized carbons (Fsp3) is 0. The quantitative estimate of drug-likeness (QED) is 0.297. The molecule has 0 aliphatic carbocycles. The zero-order valence-electron chi connectivity index (χ0n) is 18.9. The minimum atomic E-state index is -0.213. The Hall–Kier alpha value is -4.75. The molecule has 0 amide bonds. The van der Waals surface area contributed by atoms with E-state index in [0.717, 1.165) is 32.4 Å². The Bertz CT molecular complexity index is 1910. The van der Waals surface area contributed by atoms with Crippen molar-refractivity contribution in [3.8, 4) is 34.2 Å². The lowest BCUT2D eigenvalue weighted by atomic mass is 10.1. The van der Waals surface area contributed by atoms with Gasteiger partial charge in [0.2, 0.25) is 0 Å². The maximum Gasteiger partial charge on any atom is 0.281 e. The number of hydrogen-bond acceptors (Lipinski definition) is 6. The fourth-order valence-electron chi connectivity index (χ4n) is 4.41. The van der Waals surface area contributed by atoms with E-state index in [1.807, 2.05) is 101 Å². The average molecular weight is 484 g/mol. The highest BCUT2D eigenvalue weighted by Crippen LogP contribution is 2.32. The molecule has 3 aromatic heterocycles. The number of aromatic nitrogens is 5. The SMILES string of the molecule is O=c1nc2sc3cc(-c4nc(-c5ccccc5)nc(-c5ccccc5)n4)ccc3n2c2ccccc12. The molecule has 0 N–H and O–H groups in total. The Morgan fingerprint density at radius 1 is 0.556 bits per heavy atom. The van der Waals surface area contributed by atoms with Crippen LogP contribution < -0.4 is 5.56 Å². The number of thiazole rings is 1. The second kappa shape index (κ2) is 8.18. The van der Waals surface area contributed by atoms with Gasteiger partial charge in [-0.05, 0) is 30.3 Å². The summed E-state index contributed by atoms with van der Waals surface area (Å²) in [6, 6.07) is 33.5. The van der Waals surface area contributed by atoms with Crippen LogP contribution in [0.3, 0.4) is 0 Å². The number of nitrogens with zero attached hydrogens (tertiary/aromatic N) is 5. The van der Waals surface area contributed by atoms with Crippen LogP contribution in [0.15, 0.2) is 108 Å². The molecule has 0 fully saturated rings. The summed E-state index contributed by atoms with van der Waals surface area (Å²) in [5.41, 5.74) is 4.35. The highest BCUT2D eigenvalue weighted by atomic mass is 32.1. The van der Waals surface area contributed by atoms with Gasteiger partial charge in [0.1, 0.15) is 0 Å². The molecule has 3 heterocycles. The van der Waals surface area contributed by atoms with E-state index in [1.165, 1.54) is 11.3 Å². The van der Waals surface area contributed by atoms with Gasteiger partial charge in [-0.2, -0.15) is 4.98 Å². The predicted molar refractivity (Wildman–Crippen MR) is 144 cm³/mol. The van der Waals surface area contributed by atoms with E-state index in [-0.39, 0.29) is 5.56 Å². The van der Waals surface area contributed by atoms with E-state index in [0.29, 0.717) is 27.8 Å². The molecule has 0 aliphatic heterocycles. The Balaban J connectivity index is 1.46. The van der Waals surface area contributed by atoms with Gasteiger partial charge in [-0.15, -0.1) is 0 Å². The molecule has 7 heteroatoms. The van der Waals surface area contributed by atoms with Crippen LogP contribution in [0.25, 0.3) is 60.2 Å². The molecule has 0 saturated carbocycles. The smallest absolute Gasteiger partial charge is 0.281 e. The lowest BCUT2D eigenvalue weighted by molar-refractivity contribution is 1.07. The molecule has 0 spiro atoms. The lowest BCUT2D eigenvalue weighted by Gasteiger charge is -2.08. The van der Waals surface area contributed by atoms with Crippen LogP contribution in [0.2, 0.25) is 0 Å². The summed E-state index contributed by atoms with van der Waals surface area (Å²) in [6.45, 7) is 0. The van der Waals surface area contributed by atoms with Crippen molar-refractivity contribution in [2.45, 2.75) is 0 Å². The second-order valence-corrected chi connectivity index (χ2v) is 9.38. The van der Waals surface area contributed by atoms with Crippen LogP contribution in [0.1, 0.15) is 0 Å². The van der Waals surface area contributed by atoms with Crippen LogP contribution in [0.4, 0.5) is 0 Å². The lowest BCUT2D eigenvalue weighted by Crippen LogP contribution is -2.08. The standard InChI is InChI=1S/C29H17N5OS/c35-28-21-13-7-8-14-22(21)34-23-16-15-20(17-24(23)36-29(34)33-28)27-31-25(18-9-3-1-4-10-18)30-26(32-27)19-11-5-2-6-12-19/h1-17H. The van der Waals surface area contributed by atoms with Gasteiger partial charge in [0.25, 0.3) is 5.56 Å². The number of fused-ring (bicyclic) bond motifs is 5. The van der Waals surface area contributed by atoms with Crippen LogP contribution >= 0.6 is 11.3 Å². The van der Waals surface area contributed by atoms with Crippen molar-refractivity contribution in [2.24, 2.45) is 0 Å². The average Bonchev–Trinajstić information content (AvgIpc) is 3.31. The van der Waals surface area contributed by atoms with Crippen molar-refractivity contribution in [3.63, 3.8) is 0 Å². The Labute approximate surface area is 209 Å². The first-order chi connectivity index (χ1) is 17.7. The fourth-order valence-corrected chi connectivity index (χ4v) is 5.47. The molecule has 36 heavy (non-hydrogen) atoms. The van der Waals surface area contributed by atoms with E-state index in [1.54, 1.807) is 0 Å². The minimum Gasteiger partial charge on any atom is -0.284 e. The molecule has 7 aromatic rings. The molecule has 0 bridgehead atoms. The van der Waals surface area contributed by atoms with Gasteiger partial charge in [-0.25, -0.2) is 15.0 Å². The zero-order valence-corrected chi connectivity index (χ0v) is 19.7. The van der Waals surface area contributed by atoms with Crippen molar-refractivity contribution in [1.82, 2.24) is 24.3 Å². The van der Waals surface area contributed by atoms with Gasteiger partial charge in [0.15, 0.2) is 22.4 Å². The first-order valence-corrected chi connectivity index (χ1v) is 12.3. The third-order valence-corrected chi connectivity index (χ3v) is 7.13. The van der Waals surface area contributed by atoms with Crippen molar-refractivity contribution >= 4 is 37.4 Å². The third kappa shape index (κ3) is 3.37. The minimum absolute atomic E-state index is 0.213. The maximum atomic E-state index is 12.6. The van der Waals surface area contributed by atoms with Gasteiger partial charge in [0, 0.05) is 16.7 Å². The number of hydrogen-bond donors (Lipinski definition) is 0. The Morgan fingerprint density at radius 3 is 1.81 bits per heavy atom. The van der Waals surface area contributed by atoms with E-state index < -0.39 is 0 Å². The third-order valence-electron chi connectivity index (χ3n) is 6.12. The number of rotatable bonds is 3. The molecule has 0 saturated heterocycles. The van der Waals surface area contributed by atoms with Crippen LogP contribution in [0, 0.1) is 0 Å². The highest BCUT2D eigenvalue weighted by Gasteiger charge is 2.15. The van der Waals surface area contributed by atoms with Gasteiger partial charge < -0.3 is 0 Å². The maximum absolute atomic E-state index is 12.6. The summed E-state index contributed by atoms with van der Waals surface area (Å²) >= 11 is 1.48. The van der Waals surface area contributed by atoms with Crippen LogP contribution in [-0.4, -0.2) is 24.3 Å². The van der Waals surface area contributed by atoms with Crippen molar-refractivity contribution in [1.29, 1.82) is 0 Å². The Morgan fingerprint density at radius 2 is 1.14 bits per heavy atom. The molecule has 0 unspecified atom stereocenters. The molecule has 7 rings (SSSR count). The van der Waals surface area contributed by atoms with Crippen molar-refractivity contribution in [3.05, 3.63) is 113 Å². The van der Waals surface area contributed by atoms with Crippen molar-refractivity contribution < 1.29 is 0 Å². The summed E-state index contributed by atoms with van der Waals surface area (Å²) in [6.07, 6.45) is 0. The second-order valence-electron chi connectivity index (χ2n) is 8.37. The summed E-state index contributed by atoms with van der Waals surface area (Å²) < 4.78 is 3.04.